The Kier molecular flexibility index (Phi) is 4.96. The Hall–Kier alpha value is -2.68. The average molecular weight is 346 g/mol. The summed E-state index contributed by atoms with van der Waals surface area (Å²) in [4.78, 5) is 12.3. The minimum absolute atomic E-state index is 0.0992. The molecule has 0 unspecified atom stereocenters. The Bertz CT molecular complexity index is 890. The fraction of sp³-hybridized carbons (Fsp3) is 0.304. The van der Waals surface area contributed by atoms with Gasteiger partial charge in [0.1, 0.15) is 6.10 Å². The van der Waals surface area contributed by atoms with Crippen LogP contribution in [0.5, 0.6) is 0 Å². The highest BCUT2D eigenvalue weighted by molar-refractivity contribution is 5.89. The van der Waals surface area contributed by atoms with Crippen LogP contribution in [-0.4, -0.2) is 12.1 Å². The molecule has 3 nitrogen and oxygen atoms in total. The van der Waals surface area contributed by atoms with Crippen LogP contribution in [0.1, 0.15) is 48.0 Å². The molecule has 3 heteroatoms. The van der Waals surface area contributed by atoms with Crippen LogP contribution in [0.2, 0.25) is 0 Å². The first-order valence-electron chi connectivity index (χ1n) is 9.47. The lowest BCUT2D eigenvalue weighted by Crippen LogP contribution is -2.34. The van der Waals surface area contributed by atoms with Crippen LogP contribution in [0.3, 0.4) is 0 Å². The van der Waals surface area contributed by atoms with Gasteiger partial charge < -0.3 is 4.74 Å². The van der Waals surface area contributed by atoms with Crippen molar-refractivity contribution in [1.29, 1.82) is 0 Å². The van der Waals surface area contributed by atoms with Crippen molar-refractivity contribution in [2.75, 3.05) is 0 Å². The molecular formula is C23H24NO2+. The van der Waals surface area contributed by atoms with Gasteiger partial charge in [0, 0.05) is 23.1 Å². The standard InChI is InChI=1S/C23H24NO2/c25-23(26-21-9-2-1-3-10-21)20-14-12-18(13-15-20)17-24-16-6-8-19-7-4-5-11-22(19)24/h4-8,11-16,21H,1-3,9-10,17H2/q+1. The monoisotopic (exact) mass is 346 g/mol. The average Bonchev–Trinajstić information content (AvgIpc) is 2.70. The van der Waals surface area contributed by atoms with Gasteiger partial charge in [-0.2, -0.15) is 4.57 Å². The number of benzene rings is 2. The van der Waals surface area contributed by atoms with Crippen molar-refractivity contribution < 1.29 is 14.1 Å². The number of ether oxygens (including phenoxy) is 1. The summed E-state index contributed by atoms with van der Waals surface area (Å²) in [6, 6.07) is 20.4. The molecule has 1 heterocycles. The topological polar surface area (TPSA) is 30.2 Å². The molecule has 0 amide bonds. The Balaban J connectivity index is 1.46. The van der Waals surface area contributed by atoms with E-state index in [1.165, 1.54) is 35.7 Å². The van der Waals surface area contributed by atoms with E-state index >= 15 is 0 Å². The highest BCUT2D eigenvalue weighted by Crippen LogP contribution is 2.21. The summed E-state index contributed by atoms with van der Waals surface area (Å²) in [5, 5.41) is 1.22. The number of esters is 1. The molecule has 0 bridgehead atoms. The number of carbonyl (C=O) groups excluding carboxylic acids is 1. The molecule has 132 valence electrons. The number of aromatic nitrogens is 1. The zero-order chi connectivity index (χ0) is 17.8. The Morgan fingerprint density at radius 3 is 2.46 bits per heavy atom. The molecule has 0 atom stereocenters. The van der Waals surface area contributed by atoms with Crippen LogP contribution < -0.4 is 4.57 Å². The Morgan fingerprint density at radius 1 is 0.923 bits per heavy atom. The van der Waals surface area contributed by atoms with Gasteiger partial charge in [-0.1, -0.05) is 30.7 Å². The van der Waals surface area contributed by atoms with Crippen LogP contribution in [0.25, 0.3) is 10.9 Å². The largest absolute Gasteiger partial charge is 0.459 e. The maximum atomic E-state index is 12.3. The van der Waals surface area contributed by atoms with Gasteiger partial charge in [0.2, 0.25) is 5.52 Å². The molecule has 1 aromatic heterocycles. The number of hydrogen-bond donors (Lipinski definition) is 0. The summed E-state index contributed by atoms with van der Waals surface area (Å²) >= 11 is 0. The van der Waals surface area contributed by atoms with Crippen molar-refractivity contribution in [3.63, 3.8) is 0 Å². The maximum absolute atomic E-state index is 12.3. The third kappa shape index (κ3) is 3.77. The summed E-state index contributed by atoms with van der Waals surface area (Å²) < 4.78 is 7.88. The Morgan fingerprint density at radius 2 is 1.65 bits per heavy atom. The van der Waals surface area contributed by atoms with E-state index in [-0.39, 0.29) is 12.1 Å². The van der Waals surface area contributed by atoms with E-state index in [1.807, 2.05) is 24.3 Å². The quantitative estimate of drug-likeness (QED) is 0.508. The van der Waals surface area contributed by atoms with E-state index in [0.717, 1.165) is 19.4 Å². The van der Waals surface area contributed by atoms with Crippen LogP contribution in [-0.2, 0) is 11.3 Å². The third-order valence-corrected chi connectivity index (χ3v) is 5.16. The smallest absolute Gasteiger partial charge is 0.338 e. The molecule has 0 spiro atoms. The summed E-state index contributed by atoms with van der Waals surface area (Å²) in [5.41, 5.74) is 3.01. The molecular weight excluding hydrogens is 322 g/mol. The Labute approximate surface area is 154 Å². The second-order valence-corrected chi connectivity index (χ2v) is 7.06. The van der Waals surface area contributed by atoms with Crippen molar-refractivity contribution in [2.45, 2.75) is 44.8 Å². The number of carbonyl (C=O) groups is 1. The van der Waals surface area contributed by atoms with Gasteiger partial charge in [0.15, 0.2) is 12.7 Å². The molecule has 1 aliphatic rings. The number of para-hydroxylation sites is 1. The SMILES string of the molecule is O=C(OC1CCCCC1)c1ccc(C[n+]2cccc3ccccc32)cc1. The highest BCUT2D eigenvalue weighted by atomic mass is 16.5. The molecule has 1 aliphatic carbocycles. The normalized spacial score (nSPS) is 15.1. The minimum Gasteiger partial charge on any atom is -0.459 e. The zero-order valence-corrected chi connectivity index (χ0v) is 14.9. The molecule has 0 aliphatic heterocycles. The molecule has 1 saturated carbocycles. The number of nitrogens with zero attached hydrogens (tertiary/aromatic N) is 1. The number of rotatable bonds is 4. The zero-order valence-electron chi connectivity index (χ0n) is 14.9. The molecule has 2 aromatic carbocycles. The molecule has 3 aromatic rings. The number of fused-ring (bicyclic) bond motifs is 1. The van der Waals surface area contributed by atoms with E-state index in [1.54, 1.807) is 0 Å². The van der Waals surface area contributed by atoms with Crippen molar-refractivity contribution in [1.82, 2.24) is 0 Å². The van der Waals surface area contributed by atoms with Crippen molar-refractivity contribution in [3.8, 4) is 0 Å². The fourth-order valence-electron chi connectivity index (χ4n) is 3.70. The summed E-state index contributed by atoms with van der Waals surface area (Å²) in [5.74, 6) is -0.193. The van der Waals surface area contributed by atoms with E-state index in [4.69, 9.17) is 4.74 Å². The van der Waals surface area contributed by atoms with Gasteiger partial charge in [-0.15, -0.1) is 0 Å². The summed E-state index contributed by atoms with van der Waals surface area (Å²) in [6.07, 6.45) is 7.78. The first kappa shape index (κ1) is 16.8. The molecule has 0 N–H and O–H groups in total. The van der Waals surface area contributed by atoms with Gasteiger partial charge in [-0.05, 0) is 49.9 Å². The second kappa shape index (κ2) is 7.69. The molecule has 0 radical (unpaired) electrons. The first-order valence-corrected chi connectivity index (χ1v) is 9.47. The third-order valence-electron chi connectivity index (χ3n) is 5.16. The number of pyridine rings is 1. The lowest BCUT2D eigenvalue weighted by atomic mass is 9.98. The highest BCUT2D eigenvalue weighted by Gasteiger charge is 2.19. The van der Waals surface area contributed by atoms with Gasteiger partial charge >= 0.3 is 5.97 Å². The molecule has 0 saturated heterocycles. The van der Waals surface area contributed by atoms with Gasteiger partial charge in [-0.25, -0.2) is 4.79 Å². The van der Waals surface area contributed by atoms with Crippen molar-refractivity contribution in [2.24, 2.45) is 0 Å². The van der Waals surface area contributed by atoms with Gasteiger partial charge in [0.25, 0.3) is 0 Å². The number of hydrogen-bond acceptors (Lipinski definition) is 2. The van der Waals surface area contributed by atoms with E-state index in [0.29, 0.717) is 5.56 Å². The predicted molar refractivity (Wildman–Crippen MR) is 102 cm³/mol. The second-order valence-electron chi connectivity index (χ2n) is 7.06. The summed E-state index contributed by atoms with van der Waals surface area (Å²) in [6.45, 7) is 0.777. The molecule has 4 rings (SSSR count). The summed E-state index contributed by atoms with van der Waals surface area (Å²) in [7, 11) is 0. The van der Waals surface area contributed by atoms with Crippen molar-refractivity contribution >= 4 is 16.9 Å². The van der Waals surface area contributed by atoms with Crippen LogP contribution >= 0.6 is 0 Å². The maximum Gasteiger partial charge on any atom is 0.338 e. The van der Waals surface area contributed by atoms with Gasteiger partial charge in [0.05, 0.1) is 5.56 Å². The van der Waals surface area contributed by atoms with E-state index in [9.17, 15) is 4.79 Å². The lowest BCUT2D eigenvalue weighted by molar-refractivity contribution is -0.662. The van der Waals surface area contributed by atoms with Crippen LogP contribution in [0.4, 0.5) is 0 Å². The lowest BCUT2D eigenvalue weighted by Gasteiger charge is -2.21. The fourth-order valence-corrected chi connectivity index (χ4v) is 3.70. The van der Waals surface area contributed by atoms with E-state index in [2.05, 4.69) is 47.2 Å². The molecule has 1 fully saturated rings. The van der Waals surface area contributed by atoms with Crippen LogP contribution in [0, 0.1) is 0 Å². The van der Waals surface area contributed by atoms with Crippen molar-refractivity contribution in [3.05, 3.63) is 78.0 Å². The first-order chi connectivity index (χ1) is 12.8. The minimum atomic E-state index is -0.193. The van der Waals surface area contributed by atoms with Gasteiger partial charge in [-0.3, -0.25) is 0 Å². The molecule has 26 heavy (non-hydrogen) atoms. The van der Waals surface area contributed by atoms with Crippen LogP contribution in [0.15, 0.2) is 66.9 Å². The predicted octanol–water partition coefficient (Wildman–Crippen LogP) is 4.67. The van der Waals surface area contributed by atoms with E-state index < -0.39 is 0 Å².